The van der Waals surface area contributed by atoms with E-state index in [4.69, 9.17) is 0 Å². The third-order valence-electron chi connectivity index (χ3n) is 3.16. The standard InChI is InChI=1S/C12H14N4O2S/c17-16(18)11-6-13-15(7-11)9-14(10-3-4-10)8-12-2-1-5-19-12/h1-2,5-7,10H,3-4,8-9H2. The van der Waals surface area contributed by atoms with Gasteiger partial charge in [0, 0.05) is 17.5 Å². The van der Waals surface area contributed by atoms with E-state index in [9.17, 15) is 10.1 Å². The van der Waals surface area contributed by atoms with Crippen LogP contribution in [-0.4, -0.2) is 25.6 Å². The average Bonchev–Trinajstić information content (AvgIpc) is 2.90. The summed E-state index contributed by atoms with van der Waals surface area (Å²) in [6.45, 7) is 1.49. The van der Waals surface area contributed by atoms with E-state index >= 15 is 0 Å². The van der Waals surface area contributed by atoms with E-state index in [2.05, 4.69) is 21.4 Å². The molecule has 100 valence electrons. The largest absolute Gasteiger partial charge is 0.307 e. The van der Waals surface area contributed by atoms with E-state index in [1.54, 1.807) is 16.0 Å². The van der Waals surface area contributed by atoms with Crippen molar-refractivity contribution in [1.29, 1.82) is 0 Å². The summed E-state index contributed by atoms with van der Waals surface area (Å²) in [5, 5.41) is 16.8. The molecule has 0 bridgehead atoms. The van der Waals surface area contributed by atoms with Crippen LogP contribution in [0.15, 0.2) is 29.9 Å². The summed E-state index contributed by atoms with van der Waals surface area (Å²) in [6, 6.07) is 4.75. The van der Waals surface area contributed by atoms with Crippen LogP contribution in [0.3, 0.4) is 0 Å². The summed E-state index contributed by atoms with van der Waals surface area (Å²) < 4.78 is 1.64. The number of thiophene rings is 1. The normalized spacial score (nSPS) is 15.0. The Labute approximate surface area is 114 Å². The Morgan fingerprint density at radius 1 is 1.58 bits per heavy atom. The van der Waals surface area contributed by atoms with Gasteiger partial charge in [-0.25, -0.2) is 0 Å². The summed E-state index contributed by atoms with van der Waals surface area (Å²) in [5.74, 6) is 0. The van der Waals surface area contributed by atoms with E-state index in [-0.39, 0.29) is 5.69 Å². The Hall–Kier alpha value is -1.73. The van der Waals surface area contributed by atoms with Crippen molar-refractivity contribution in [1.82, 2.24) is 14.7 Å². The van der Waals surface area contributed by atoms with Crippen molar-refractivity contribution in [2.75, 3.05) is 0 Å². The molecule has 0 spiro atoms. The van der Waals surface area contributed by atoms with Gasteiger partial charge in [0.15, 0.2) is 0 Å². The molecule has 6 nitrogen and oxygen atoms in total. The number of nitro groups is 1. The quantitative estimate of drug-likeness (QED) is 0.601. The number of hydrogen-bond acceptors (Lipinski definition) is 5. The zero-order valence-corrected chi connectivity index (χ0v) is 11.1. The Kier molecular flexibility index (Phi) is 3.31. The summed E-state index contributed by atoms with van der Waals surface area (Å²) in [5.41, 5.74) is 0.0480. The first-order chi connectivity index (χ1) is 9.22. The van der Waals surface area contributed by atoms with Crippen molar-refractivity contribution in [3.05, 3.63) is 44.9 Å². The maximum absolute atomic E-state index is 10.6. The molecule has 0 unspecified atom stereocenters. The molecule has 19 heavy (non-hydrogen) atoms. The molecule has 0 aliphatic heterocycles. The molecule has 1 aliphatic carbocycles. The Balaban J connectivity index is 1.68. The molecule has 1 saturated carbocycles. The zero-order valence-electron chi connectivity index (χ0n) is 10.3. The second-order valence-corrected chi connectivity index (χ2v) is 5.73. The molecular weight excluding hydrogens is 264 g/mol. The molecule has 3 rings (SSSR count). The third kappa shape index (κ3) is 2.99. The minimum atomic E-state index is -0.412. The van der Waals surface area contributed by atoms with Crippen LogP contribution in [0.1, 0.15) is 17.7 Å². The second kappa shape index (κ2) is 5.10. The lowest BCUT2D eigenvalue weighted by atomic mass is 10.4. The molecule has 2 aromatic heterocycles. The smallest absolute Gasteiger partial charge is 0.276 e. The van der Waals surface area contributed by atoms with Crippen LogP contribution in [0.25, 0.3) is 0 Å². The number of hydrogen-bond donors (Lipinski definition) is 0. The lowest BCUT2D eigenvalue weighted by Crippen LogP contribution is -2.28. The highest BCUT2D eigenvalue weighted by Crippen LogP contribution is 2.29. The predicted octanol–water partition coefficient (Wildman–Crippen LogP) is 2.47. The minimum Gasteiger partial charge on any atom is -0.276 e. The Bertz CT molecular complexity index is 562. The van der Waals surface area contributed by atoms with Crippen LogP contribution < -0.4 is 0 Å². The lowest BCUT2D eigenvalue weighted by molar-refractivity contribution is -0.385. The van der Waals surface area contributed by atoms with Crippen molar-refractivity contribution < 1.29 is 4.92 Å². The fourth-order valence-electron chi connectivity index (χ4n) is 2.05. The molecular formula is C12H14N4O2S. The van der Waals surface area contributed by atoms with Crippen molar-refractivity contribution >= 4 is 17.0 Å². The second-order valence-electron chi connectivity index (χ2n) is 4.69. The average molecular weight is 278 g/mol. The van der Waals surface area contributed by atoms with Crippen LogP contribution in [0, 0.1) is 10.1 Å². The van der Waals surface area contributed by atoms with Crippen LogP contribution >= 0.6 is 11.3 Å². The predicted molar refractivity (Wildman–Crippen MR) is 71.8 cm³/mol. The molecule has 0 aromatic carbocycles. The summed E-state index contributed by atoms with van der Waals surface area (Å²) in [6.07, 6.45) is 5.20. The first-order valence-corrected chi connectivity index (χ1v) is 7.03. The van der Waals surface area contributed by atoms with Crippen LogP contribution in [-0.2, 0) is 13.2 Å². The molecule has 0 amide bonds. The fraction of sp³-hybridized carbons (Fsp3) is 0.417. The van der Waals surface area contributed by atoms with Gasteiger partial charge < -0.3 is 0 Å². The van der Waals surface area contributed by atoms with Crippen molar-refractivity contribution in [2.45, 2.75) is 32.1 Å². The van der Waals surface area contributed by atoms with Crippen molar-refractivity contribution in [3.63, 3.8) is 0 Å². The van der Waals surface area contributed by atoms with E-state index in [0.717, 1.165) is 6.54 Å². The van der Waals surface area contributed by atoms with Gasteiger partial charge in [-0.2, -0.15) is 5.10 Å². The molecule has 2 heterocycles. The highest BCUT2D eigenvalue weighted by Gasteiger charge is 2.29. The monoisotopic (exact) mass is 278 g/mol. The first-order valence-electron chi connectivity index (χ1n) is 6.15. The van der Waals surface area contributed by atoms with E-state index in [0.29, 0.717) is 12.7 Å². The van der Waals surface area contributed by atoms with E-state index in [1.165, 1.54) is 30.1 Å². The van der Waals surface area contributed by atoms with Gasteiger partial charge in [-0.15, -0.1) is 11.3 Å². The molecule has 0 atom stereocenters. The molecule has 0 N–H and O–H groups in total. The zero-order chi connectivity index (χ0) is 13.2. The van der Waals surface area contributed by atoms with Gasteiger partial charge in [0.1, 0.15) is 12.4 Å². The van der Waals surface area contributed by atoms with Gasteiger partial charge >= 0.3 is 5.69 Å². The van der Waals surface area contributed by atoms with E-state index in [1.807, 2.05) is 6.07 Å². The molecule has 1 fully saturated rings. The highest BCUT2D eigenvalue weighted by atomic mass is 32.1. The third-order valence-corrected chi connectivity index (χ3v) is 4.02. The molecule has 2 aromatic rings. The molecule has 1 aliphatic rings. The van der Waals surface area contributed by atoms with Gasteiger partial charge in [0.2, 0.25) is 0 Å². The highest BCUT2D eigenvalue weighted by molar-refractivity contribution is 7.09. The SMILES string of the molecule is O=[N+]([O-])c1cnn(CN(Cc2cccs2)C2CC2)c1. The summed E-state index contributed by atoms with van der Waals surface area (Å²) in [7, 11) is 0. The van der Waals surface area contributed by atoms with Gasteiger partial charge in [-0.3, -0.25) is 19.7 Å². The number of nitrogens with zero attached hydrogens (tertiary/aromatic N) is 4. The topological polar surface area (TPSA) is 64.2 Å². The van der Waals surface area contributed by atoms with Gasteiger partial charge in [0.05, 0.1) is 11.6 Å². The Morgan fingerprint density at radius 2 is 2.42 bits per heavy atom. The minimum absolute atomic E-state index is 0.0480. The van der Waals surface area contributed by atoms with Crippen LogP contribution in [0.2, 0.25) is 0 Å². The maximum Gasteiger partial charge on any atom is 0.307 e. The molecule has 0 radical (unpaired) electrons. The van der Waals surface area contributed by atoms with Crippen molar-refractivity contribution in [3.8, 4) is 0 Å². The summed E-state index contributed by atoms with van der Waals surface area (Å²) in [4.78, 5) is 13.9. The molecule has 0 saturated heterocycles. The lowest BCUT2D eigenvalue weighted by Gasteiger charge is -2.20. The fourth-order valence-corrected chi connectivity index (χ4v) is 2.78. The van der Waals surface area contributed by atoms with Gasteiger partial charge in [-0.05, 0) is 24.3 Å². The maximum atomic E-state index is 10.6. The van der Waals surface area contributed by atoms with Gasteiger partial charge in [0.25, 0.3) is 0 Å². The first kappa shape index (κ1) is 12.3. The van der Waals surface area contributed by atoms with Gasteiger partial charge in [-0.1, -0.05) is 6.07 Å². The molecule has 7 heteroatoms. The summed E-state index contributed by atoms with van der Waals surface area (Å²) >= 11 is 1.74. The number of rotatable bonds is 6. The van der Waals surface area contributed by atoms with Crippen LogP contribution in [0.4, 0.5) is 5.69 Å². The van der Waals surface area contributed by atoms with E-state index < -0.39 is 4.92 Å². The van der Waals surface area contributed by atoms with Crippen molar-refractivity contribution in [2.24, 2.45) is 0 Å². The number of aromatic nitrogens is 2. The van der Waals surface area contributed by atoms with Crippen LogP contribution in [0.5, 0.6) is 0 Å². The Morgan fingerprint density at radius 3 is 3.00 bits per heavy atom.